The van der Waals surface area contributed by atoms with Crippen molar-refractivity contribution in [2.24, 2.45) is 5.10 Å². The quantitative estimate of drug-likeness (QED) is 0.657. The number of halogens is 1. The van der Waals surface area contributed by atoms with Crippen LogP contribution in [0, 0.1) is 5.82 Å². The van der Waals surface area contributed by atoms with Crippen molar-refractivity contribution >= 4 is 24.1 Å². The van der Waals surface area contributed by atoms with E-state index in [9.17, 15) is 4.39 Å². The van der Waals surface area contributed by atoms with Crippen molar-refractivity contribution in [3.8, 4) is 0 Å². The predicted molar refractivity (Wildman–Crippen MR) is 100 cm³/mol. The van der Waals surface area contributed by atoms with Crippen molar-refractivity contribution in [3.63, 3.8) is 0 Å². The Balaban J connectivity index is 1.56. The molecule has 0 amide bonds. The van der Waals surface area contributed by atoms with Crippen molar-refractivity contribution in [1.82, 2.24) is 15.0 Å². The number of nitrogens with zero attached hydrogens (tertiary/aromatic N) is 6. The van der Waals surface area contributed by atoms with Gasteiger partial charge in [-0.25, -0.2) is 9.82 Å². The van der Waals surface area contributed by atoms with Gasteiger partial charge in [-0.2, -0.15) is 20.1 Å². The van der Waals surface area contributed by atoms with E-state index in [-0.39, 0.29) is 5.82 Å². The van der Waals surface area contributed by atoms with Gasteiger partial charge in [0.15, 0.2) is 0 Å². The van der Waals surface area contributed by atoms with Gasteiger partial charge in [0.2, 0.25) is 17.8 Å². The van der Waals surface area contributed by atoms with Crippen molar-refractivity contribution in [2.75, 3.05) is 41.4 Å². The molecular weight excluding hydrogens is 333 g/mol. The van der Waals surface area contributed by atoms with Crippen LogP contribution in [0.2, 0.25) is 0 Å². The summed E-state index contributed by atoms with van der Waals surface area (Å²) in [6.45, 7) is 3.84. The van der Waals surface area contributed by atoms with Crippen LogP contribution < -0.4 is 15.2 Å². The van der Waals surface area contributed by atoms with Gasteiger partial charge < -0.3 is 9.80 Å². The van der Waals surface area contributed by atoms with Crippen LogP contribution in [0.15, 0.2) is 29.4 Å². The van der Waals surface area contributed by atoms with E-state index in [1.165, 1.54) is 12.3 Å². The Hall–Kier alpha value is -2.77. The zero-order valence-corrected chi connectivity index (χ0v) is 14.6. The Morgan fingerprint density at radius 2 is 1.46 bits per heavy atom. The van der Waals surface area contributed by atoms with Crippen molar-refractivity contribution in [1.29, 1.82) is 0 Å². The highest BCUT2D eigenvalue weighted by Gasteiger charge is 2.21. The fraction of sp³-hybridized carbons (Fsp3) is 0.444. The van der Waals surface area contributed by atoms with Crippen LogP contribution in [0.5, 0.6) is 0 Å². The normalized spacial score (nSPS) is 17.4. The molecule has 0 aliphatic carbocycles. The number of nitrogens with one attached hydrogen (secondary N) is 1. The van der Waals surface area contributed by atoms with E-state index < -0.39 is 0 Å². The first-order valence-electron chi connectivity index (χ1n) is 9.09. The number of anilines is 3. The van der Waals surface area contributed by atoms with Crippen LogP contribution in [0.4, 0.5) is 22.2 Å². The molecule has 0 atom stereocenters. The third kappa shape index (κ3) is 3.74. The summed E-state index contributed by atoms with van der Waals surface area (Å²) in [5.74, 6) is 1.44. The van der Waals surface area contributed by atoms with Crippen LogP contribution in [0.1, 0.15) is 31.2 Å². The van der Waals surface area contributed by atoms with Crippen LogP contribution >= 0.6 is 0 Å². The second kappa shape index (κ2) is 7.63. The fourth-order valence-corrected chi connectivity index (χ4v) is 3.26. The first-order valence-corrected chi connectivity index (χ1v) is 9.09. The van der Waals surface area contributed by atoms with Gasteiger partial charge in [-0.1, -0.05) is 18.2 Å². The Labute approximate surface area is 152 Å². The first-order chi connectivity index (χ1) is 12.8. The lowest BCUT2D eigenvalue weighted by atomic mass is 10.2. The number of rotatable bonds is 5. The van der Waals surface area contributed by atoms with E-state index in [1.54, 1.807) is 18.2 Å². The first kappa shape index (κ1) is 16.7. The molecule has 0 spiro atoms. The van der Waals surface area contributed by atoms with Crippen LogP contribution in [0.3, 0.4) is 0 Å². The minimum absolute atomic E-state index is 0.316. The number of aromatic nitrogens is 3. The highest BCUT2D eigenvalue weighted by molar-refractivity contribution is 5.80. The lowest BCUT2D eigenvalue weighted by Gasteiger charge is -2.20. The summed E-state index contributed by atoms with van der Waals surface area (Å²) in [5.41, 5.74) is 3.25. The molecular formula is C18H22FN7. The molecule has 1 aromatic heterocycles. The molecule has 8 heteroatoms. The molecule has 0 bridgehead atoms. The van der Waals surface area contributed by atoms with Gasteiger partial charge in [-0.3, -0.25) is 0 Å². The smallest absolute Gasteiger partial charge is 0.250 e. The molecule has 4 rings (SSSR count). The molecule has 0 saturated carbocycles. The van der Waals surface area contributed by atoms with Crippen LogP contribution in [-0.2, 0) is 0 Å². The van der Waals surface area contributed by atoms with Gasteiger partial charge in [0.05, 0.1) is 6.21 Å². The monoisotopic (exact) mass is 355 g/mol. The van der Waals surface area contributed by atoms with E-state index in [1.807, 2.05) is 0 Å². The molecule has 1 aromatic carbocycles. The number of hydrogen-bond donors (Lipinski definition) is 1. The third-order valence-electron chi connectivity index (χ3n) is 4.66. The topological polar surface area (TPSA) is 69.5 Å². The maximum atomic E-state index is 13.7. The van der Waals surface area contributed by atoms with Crippen molar-refractivity contribution in [3.05, 3.63) is 35.6 Å². The summed E-state index contributed by atoms with van der Waals surface area (Å²) < 4.78 is 13.7. The second-order valence-electron chi connectivity index (χ2n) is 6.54. The van der Waals surface area contributed by atoms with Crippen molar-refractivity contribution in [2.45, 2.75) is 25.7 Å². The van der Waals surface area contributed by atoms with Gasteiger partial charge in [-0.15, -0.1) is 0 Å². The lowest BCUT2D eigenvalue weighted by molar-refractivity contribution is 0.626. The fourth-order valence-electron chi connectivity index (χ4n) is 3.26. The van der Waals surface area contributed by atoms with Gasteiger partial charge in [-0.05, 0) is 31.7 Å². The van der Waals surface area contributed by atoms with Crippen LogP contribution in [-0.4, -0.2) is 47.3 Å². The van der Waals surface area contributed by atoms with E-state index >= 15 is 0 Å². The minimum Gasteiger partial charge on any atom is -0.341 e. The summed E-state index contributed by atoms with van der Waals surface area (Å²) in [5, 5.41) is 4.10. The van der Waals surface area contributed by atoms with E-state index in [4.69, 9.17) is 0 Å². The molecule has 0 unspecified atom stereocenters. The van der Waals surface area contributed by atoms with Crippen LogP contribution in [0.25, 0.3) is 0 Å². The highest BCUT2D eigenvalue weighted by Crippen LogP contribution is 2.22. The molecule has 7 nitrogen and oxygen atoms in total. The molecule has 2 aliphatic rings. The maximum absolute atomic E-state index is 13.7. The van der Waals surface area contributed by atoms with Gasteiger partial charge in [0.1, 0.15) is 5.82 Å². The van der Waals surface area contributed by atoms with Crippen molar-refractivity contribution < 1.29 is 4.39 Å². The maximum Gasteiger partial charge on any atom is 0.250 e. The second-order valence-corrected chi connectivity index (χ2v) is 6.54. The average molecular weight is 355 g/mol. The van der Waals surface area contributed by atoms with Gasteiger partial charge in [0, 0.05) is 31.7 Å². The third-order valence-corrected chi connectivity index (χ3v) is 4.66. The molecule has 0 radical (unpaired) electrons. The zero-order valence-electron chi connectivity index (χ0n) is 14.6. The summed E-state index contributed by atoms with van der Waals surface area (Å²) in [4.78, 5) is 18.0. The van der Waals surface area contributed by atoms with E-state index in [0.29, 0.717) is 23.4 Å². The molecule has 2 saturated heterocycles. The average Bonchev–Trinajstić information content (AvgIpc) is 3.37. The Morgan fingerprint density at radius 1 is 0.885 bits per heavy atom. The molecule has 2 aromatic rings. The molecule has 26 heavy (non-hydrogen) atoms. The summed E-state index contributed by atoms with van der Waals surface area (Å²) in [7, 11) is 0. The molecule has 2 fully saturated rings. The largest absolute Gasteiger partial charge is 0.341 e. The standard InChI is InChI=1S/C18H22FN7/c19-15-8-2-1-7-14(15)13-20-24-16-21-17(25-9-3-4-10-25)23-18(22-16)26-11-5-6-12-26/h1-2,7-8,13H,3-6,9-12H2,(H,21,22,23,24)/b20-13+. The lowest BCUT2D eigenvalue weighted by Crippen LogP contribution is -2.25. The highest BCUT2D eigenvalue weighted by atomic mass is 19.1. The minimum atomic E-state index is -0.316. The Bertz CT molecular complexity index is 749. The molecule has 3 heterocycles. The number of hydrogen-bond acceptors (Lipinski definition) is 7. The summed E-state index contributed by atoms with van der Waals surface area (Å²) >= 11 is 0. The number of benzene rings is 1. The predicted octanol–water partition coefficient (Wildman–Crippen LogP) is 2.66. The molecule has 2 aliphatic heterocycles. The summed E-state index contributed by atoms with van der Waals surface area (Å²) in [6.07, 6.45) is 6.04. The van der Waals surface area contributed by atoms with E-state index in [2.05, 4.69) is 35.3 Å². The van der Waals surface area contributed by atoms with Gasteiger partial charge in [0.25, 0.3) is 0 Å². The SMILES string of the molecule is Fc1ccccc1/C=N/Nc1nc(N2CCCC2)nc(N2CCCC2)n1. The Morgan fingerprint density at radius 3 is 2.04 bits per heavy atom. The summed E-state index contributed by atoms with van der Waals surface area (Å²) in [6, 6.07) is 6.49. The van der Waals surface area contributed by atoms with E-state index in [0.717, 1.165) is 51.9 Å². The molecule has 136 valence electrons. The number of hydrazone groups is 1. The Kier molecular flexibility index (Phi) is 4.90. The zero-order chi connectivity index (χ0) is 17.8. The van der Waals surface area contributed by atoms with Gasteiger partial charge >= 0.3 is 0 Å². The molecule has 1 N–H and O–H groups in total.